The highest BCUT2D eigenvalue weighted by Gasteiger charge is 2.19. The van der Waals surface area contributed by atoms with Gasteiger partial charge in [-0.1, -0.05) is 304 Å². The Labute approximate surface area is 418 Å². The largest absolute Gasteiger partial charge is 0.462 e. The van der Waals surface area contributed by atoms with E-state index < -0.39 is 6.10 Å². The van der Waals surface area contributed by atoms with Crippen molar-refractivity contribution in [3.63, 3.8) is 0 Å². The third-order valence-corrected chi connectivity index (χ3v) is 14.0. The Balaban J connectivity index is 4.27. The van der Waals surface area contributed by atoms with Gasteiger partial charge in [0.05, 0.1) is 0 Å². The maximum absolute atomic E-state index is 12.9. The van der Waals surface area contributed by atoms with Crippen LogP contribution < -0.4 is 0 Å². The van der Waals surface area contributed by atoms with Crippen LogP contribution in [0.15, 0.2) is 0 Å². The van der Waals surface area contributed by atoms with Crippen molar-refractivity contribution in [2.45, 2.75) is 349 Å². The molecule has 0 N–H and O–H groups in total. The van der Waals surface area contributed by atoms with Crippen LogP contribution in [-0.2, 0) is 28.6 Å². The Kier molecular flexibility index (Phi) is 52.5. The number of carbonyl (C=O) groups is 3. The van der Waals surface area contributed by atoms with Gasteiger partial charge in [-0.3, -0.25) is 14.4 Å². The van der Waals surface area contributed by atoms with Gasteiger partial charge in [0.15, 0.2) is 6.10 Å². The fraction of sp³-hybridized carbons (Fsp3) is 0.951. The molecule has 0 saturated heterocycles. The van der Waals surface area contributed by atoms with E-state index >= 15 is 0 Å². The second-order valence-corrected chi connectivity index (χ2v) is 21.9. The number of carbonyl (C=O) groups excluding carboxylic acids is 3. The van der Waals surface area contributed by atoms with E-state index in [1.54, 1.807) is 0 Å². The molecule has 1 atom stereocenters. The molecule has 0 unspecified atom stereocenters. The predicted octanol–water partition coefficient (Wildman–Crippen LogP) is 20.0. The van der Waals surface area contributed by atoms with E-state index in [1.807, 2.05) is 0 Å². The average molecular weight is 948 g/mol. The zero-order valence-electron chi connectivity index (χ0n) is 46.0. The van der Waals surface area contributed by atoms with Gasteiger partial charge in [0.2, 0.25) is 0 Å². The van der Waals surface area contributed by atoms with Crippen molar-refractivity contribution in [2.75, 3.05) is 13.2 Å². The number of hydrogen-bond acceptors (Lipinski definition) is 6. The van der Waals surface area contributed by atoms with E-state index in [0.29, 0.717) is 19.3 Å². The van der Waals surface area contributed by atoms with Crippen molar-refractivity contribution >= 4 is 17.9 Å². The minimum Gasteiger partial charge on any atom is -0.462 e. The van der Waals surface area contributed by atoms with Crippen LogP contribution >= 0.6 is 0 Å². The Bertz CT molecular complexity index is 1020. The highest BCUT2D eigenvalue weighted by atomic mass is 16.6. The molecular weight excluding hydrogens is 829 g/mol. The van der Waals surface area contributed by atoms with Crippen LogP contribution in [0.1, 0.15) is 343 Å². The van der Waals surface area contributed by atoms with Crippen LogP contribution in [0.3, 0.4) is 0 Å². The monoisotopic (exact) mass is 947 g/mol. The third kappa shape index (κ3) is 55.2. The van der Waals surface area contributed by atoms with E-state index in [2.05, 4.69) is 34.6 Å². The minimum absolute atomic E-state index is 0.0624. The Hall–Kier alpha value is -1.59. The minimum atomic E-state index is -0.763. The number of ether oxygens (including phenoxy) is 3. The van der Waals surface area contributed by atoms with E-state index in [1.165, 1.54) is 231 Å². The predicted molar refractivity (Wildman–Crippen MR) is 289 cm³/mol. The summed E-state index contributed by atoms with van der Waals surface area (Å²) in [7, 11) is 0. The van der Waals surface area contributed by atoms with Crippen LogP contribution in [0, 0.1) is 11.8 Å². The maximum Gasteiger partial charge on any atom is 0.306 e. The molecule has 0 fully saturated rings. The molecule has 0 rings (SSSR count). The Morgan fingerprint density at radius 2 is 0.493 bits per heavy atom. The molecule has 0 amide bonds. The summed E-state index contributed by atoms with van der Waals surface area (Å²) in [4.78, 5) is 38.2. The third-order valence-electron chi connectivity index (χ3n) is 14.0. The molecule has 0 aliphatic heterocycles. The zero-order chi connectivity index (χ0) is 48.9. The summed E-state index contributed by atoms with van der Waals surface area (Å²) in [5.41, 5.74) is 0. The number of unbranched alkanes of at least 4 members (excludes halogenated alkanes) is 40. The smallest absolute Gasteiger partial charge is 0.306 e. The summed E-state index contributed by atoms with van der Waals surface area (Å²) in [6.45, 7) is 11.4. The second kappa shape index (κ2) is 53.8. The molecule has 0 spiro atoms. The zero-order valence-corrected chi connectivity index (χ0v) is 46.0. The summed E-state index contributed by atoms with van der Waals surface area (Å²) in [6.07, 6.45) is 58.1. The lowest BCUT2D eigenvalue weighted by Gasteiger charge is -2.18. The van der Waals surface area contributed by atoms with Crippen molar-refractivity contribution < 1.29 is 28.6 Å². The lowest BCUT2D eigenvalue weighted by atomic mass is 10.0. The van der Waals surface area contributed by atoms with Crippen molar-refractivity contribution in [3.8, 4) is 0 Å². The topological polar surface area (TPSA) is 78.9 Å². The van der Waals surface area contributed by atoms with Crippen LogP contribution in [0.25, 0.3) is 0 Å². The van der Waals surface area contributed by atoms with Crippen molar-refractivity contribution in [2.24, 2.45) is 11.8 Å². The molecule has 6 heteroatoms. The molecular formula is C61H118O6. The molecule has 398 valence electrons. The lowest BCUT2D eigenvalue weighted by molar-refractivity contribution is -0.167. The first-order chi connectivity index (χ1) is 32.7. The quantitative estimate of drug-likeness (QED) is 0.0343. The lowest BCUT2D eigenvalue weighted by Crippen LogP contribution is -2.30. The number of esters is 3. The van der Waals surface area contributed by atoms with E-state index in [9.17, 15) is 14.4 Å². The van der Waals surface area contributed by atoms with Gasteiger partial charge < -0.3 is 14.2 Å². The fourth-order valence-electron chi connectivity index (χ4n) is 9.40. The highest BCUT2D eigenvalue weighted by Crippen LogP contribution is 2.18. The van der Waals surface area contributed by atoms with Crippen LogP contribution in [0.2, 0.25) is 0 Å². The standard InChI is InChI=1S/C61H118O6/c1-6-7-8-9-10-11-12-13-14-18-21-26-31-36-41-46-51-59(62)65-54-58(67-61(64)53-48-43-38-33-28-23-25-30-35-40-45-50-57(4)5)55-66-60(63)52-47-42-37-32-27-22-19-16-15-17-20-24-29-34-39-44-49-56(2)3/h56-58H,6-55H2,1-5H3/t58-/m0/s1. The van der Waals surface area contributed by atoms with Crippen molar-refractivity contribution in [1.29, 1.82) is 0 Å². The first-order valence-corrected chi connectivity index (χ1v) is 30.2. The van der Waals surface area contributed by atoms with Crippen molar-refractivity contribution in [1.82, 2.24) is 0 Å². The molecule has 67 heavy (non-hydrogen) atoms. The second-order valence-electron chi connectivity index (χ2n) is 21.9. The van der Waals surface area contributed by atoms with Crippen molar-refractivity contribution in [3.05, 3.63) is 0 Å². The van der Waals surface area contributed by atoms with Crippen LogP contribution in [0.5, 0.6) is 0 Å². The number of rotatable bonds is 55. The first-order valence-electron chi connectivity index (χ1n) is 30.2. The normalized spacial score (nSPS) is 12.0. The SMILES string of the molecule is CCCCCCCCCCCCCCCCCCC(=O)OC[C@@H](COC(=O)CCCCCCCCCCCCCCCCCCC(C)C)OC(=O)CCCCCCCCCCCCCC(C)C. The molecule has 6 nitrogen and oxygen atoms in total. The molecule has 0 aromatic carbocycles. The molecule has 0 saturated carbocycles. The molecule has 0 aromatic heterocycles. The Morgan fingerprint density at radius 1 is 0.284 bits per heavy atom. The molecule has 0 aliphatic carbocycles. The van der Waals surface area contributed by atoms with Crippen LogP contribution in [0.4, 0.5) is 0 Å². The van der Waals surface area contributed by atoms with E-state index in [-0.39, 0.29) is 31.1 Å². The summed E-state index contributed by atoms with van der Waals surface area (Å²) in [5, 5.41) is 0. The Morgan fingerprint density at radius 3 is 0.731 bits per heavy atom. The fourth-order valence-corrected chi connectivity index (χ4v) is 9.40. The van der Waals surface area contributed by atoms with Gasteiger partial charge in [0.1, 0.15) is 13.2 Å². The summed E-state index contributed by atoms with van der Waals surface area (Å²) in [6, 6.07) is 0. The van der Waals surface area contributed by atoms with E-state index in [4.69, 9.17) is 14.2 Å². The molecule has 0 bridgehead atoms. The maximum atomic E-state index is 12.9. The van der Waals surface area contributed by atoms with Gasteiger partial charge in [-0.25, -0.2) is 0 Å². The summed E-state index contributed by atoms with van der Waals surface area (Å²) >= 11 is 0. The molecule has 0 aliphatic rings. The van der Waals surface area contributed by atoms with Gasteiger partial charge in [-0.15, -0.1) is 0 Å². The van der Waals surface area contributed by atoms with Gasteiger partial charge in [-0.05, 0) is 31.1 Å². The number of hydrogen-bond donors (Lipinski definition) is 0. The summed E-state index contributed by atoms with van der Waals surface area (Å²) in [5.74, 6) is 0.842. The molecule has 0 heterocycles. The van der Waals surface area contributed by atoms with Gasteiger partial charge in [-0.2, -0.15) is 0 Å². The molecule has 0 radical (unpaired) electrons. The highest BCUT2D eigenvalue weighted by molar-refractivity contribution is 5.71. The van der Waals surface area contributed by atoms with Gasteiger partial charge >= 0.3 is 17.9 Å². The van der Waals surface area contributed by atoms with E-state index in [0.717, 1.165) is 69.6 Å². The summed E-state index contributed by atoms with van der Waals surface area (Å²) < 4.78 is 16.9. The van der Waals surface area contributed by atoms with Gasteiger partial charge in [0, 0.05) is 19.3 Å². The van der Waals surface area contributed by atoms with Crippen LogP contribution in [-0.4, -0.2) is 37.2 Å². The average Bonchev–Trinajstić information content (AvgIpc) is 3.30. The molecule has 0 aromatic rings. The first kappa shape index (κ1) is 65.4. The van der Waals surface area contributed by atoms with Gasteiger partial charge in [0.25, 0.3) is 0 Å².